The predicted molar refractivity (Wildman–Crippen MR) is 87.0 cm³/mol. The molecule has 0 amide bonds. The number of para-hydroxylation sites is 2. The van der Waals surface area contributed by atoms with Crippen LogP contribution in [0.4, 0.5) is 5.69 Å². The molecule has 21 heavy (non-hydrogen) atoms. The van der Waals surface area contributed by atoms with E-state index in [1.807, 2.05) is 18.2 Å². The molecule has 1 aromatic carbocycles. The fraction of sp³-hybridized carbons (Fsp3) is 0.647. The van der Waals surface area contributed by atoms with Crippen LogP contribution in [-0.2, 0) is 4.74 Å². The van der Waals surface area contributed by atoms with Crippen molar-refractivity contribution in [1.29, 1.82) is 0 Å². The Bertz CT molecular complexity index is 513. The van der Waals surface area contributed by atoms with Crippen LogP contribution in [0.2, 0.25) is 0 Å². The molecule has 1 saturated heterocycles. The van der Waals surface area contributed by atoms with Crippen LogP contribution >= 0.6 is 0 Å². The molecule has 0 spiro atoms. The molecule has 2 rings (SSSR count). The van der Waals surface area contributed by atoms with Crippen LogP contribution in [0.1, 0.15) is 34.1 Å². The quantitative estimate of drug-likeness (QED) is 0.927. The zero-order valence-electron chi connectivity index (χ0n) is 14.1. The summed E-state index contributed by atoms with van der Waals surface area (Å²) >= 11 is 0. The fourth-order valence-electron chi connectivity index (χ4n) is 3.85. The van der Waals surface area contributed by atoms with Crippen LogP contribution < -0.4 is 15.4 Å². The zero-order chi connectivity index (χ0) is 15.9. The molecule has 4 heteroatoms. The summed E-state index contributed by atoms with van der Waals surface area (Å²) in [6.07, 6.45) is 0.873. The van der Waals surface area contributed by atoms with Crippen molar-refractivity contribution < 1.29 is 9.47 Å². The van der Waals surface area contributed by atoms with Gasteiger partial charge in [0, 0.05) is 20.0 Å². The third-order valence-corrected chi connectivity index (χ3v) is 4.80. The van der Waals surface area contributed by atoms with E-state index < -0.39 is 0 Å². The summed E-state index contributed by atoms with van der Waals surface area (Å²) < 4.78 is 11.8. The van der Waals surface area contributed by atoms with Crippen LogP contribution in [-0.4, -0.2) is 37.4 Å². The number of methoxy groups -OCH3 is 1. The van der Waals surface area contributed by atoms with E-state index in [0.29, 0.717) is 6.54 Å². The number of nitrogens with two attached hydrogens (primary N) is 1. The lowest BCUT2D eigenvalue weighted by Crippen LogP contribution is -2.62. The van der Waals surface area contributed by atoms with Gasteiger partial charge in [-0.25, -0.2) is 0 Å². The molecule has 1 aliphatic heterocycles. The first-order valence-corrected chi connectivity index (χ1v) is 7.46. The van der Waals surface area contributed by atoms with Crippen molar-refractivity contribution in [3.8, 4) is 5.75 Å². The number of hydrogen-bond donors (Lipinski definition) is 1. The van der Waals surface area contributed by atoms with Gasteiger partial charge in [-0.15, -0.1) is 0 Å². The highest BCUT2D eigenvalue weighted by atomic mass is 16.5. The van der Waals surface area contributed by atoms with Crippen LogP contribution in [0.25, 0.3) is 0 Å². The van der Waals surface area contributed by atoms with Crippen LogP contribution in [0.5, 0.6) is 5.75 Å². The van der Waals surface area contributed by atoms with Gasteiger partial charge in [0.2, 0.25) is 0 Å². The second-order valence-corrected chi connectivity index (χ2v) is 7.02. The Kier molecular flexibility index (Phi) is 3.98. The molecular formula is C17H28N2O2. The first-order chi connectivity index (χ1) is 9.69. The Morgan fingerprint density at radius 2 is 1.86 bits per heavy atom. The number of hydrogen-bond acceptors (Lipinski definition) is 4. The summed E-state index contributed by atoms with van der Waals surface area (Å²) in [5.41, 5.74) is 6.46. The molecule has 0 saturated carbocycles. The zero-order valence-corrected chi connectivity index (χ0v) is 14.1. The maximum atomic E-state index is 6.30. The van der Waals surface area contributed by atoms with Crippen molar-refractivity contribution in [2.75, 3.05) is 25.6 Å². The van der Waals surface area contributed by atoms with E-state index in [9.17, 15) is 0 Å². The minimum atomic E-state index is -0.346. The molecule has 0 bridgehead atoms. The van der Waals surface area contributed by atoms with Gasteiger partial charge in [0.1, 0.15) is 5.75 Å². The summed E-state index contributed by atoms with van der Waals surface area (Å²) in [6, 6.07) is 8.04. The average molecular weight is 292 g/mol. The highest BCUT2D eigenvalue weighted by molar-refractivity contribution is 5.60. The standard InChI is InChI=1S/C17H28N2O2/c1-15(2)11-17(12-18,16(3,4)21-15)19(5)13-9-7-8-10-14(13)20-6/h7-10H,11-12,18H2,1-6H3. The van der Waals surface area contributed by atoms with Gasteiger partial charge >= 0.3 is 0 Å². The smallest absolute Gasteiger partial charge is 0.142 e. The molecule has 1 fully saturated rings. The average Bonchev–Trinajstić information content (AvgIpc) is 2.62. The van der Waals surface area contributed by atoms with E-state index in [-0.39, 0.29) is 16.7 Å². The Morgan fingerprint density at radius 1 is 1.24 bits per heavy atom. The normalized spacial score (nSPS) is 26.6. The summed E-state index contributed by atoms with van der Waals surface area (Å²) in [5.74, 6) is 0.855. The topological polar surface area (TPSA) is 47.7 Å². The highest BCUT2D eigenvalue weighted by Gasteiger charge is 2.59. The molecule has 1 heterocycles. The molecule has 1 unspecified atom stereocenters. The lowest BCUT2D eigenvalue weighted by Gasteiger charge is -2.47. The molecule has 2 N–H and O–H groups in total. The van der Waals surface area contributed by atoms with E-state index in [0.717, 1.165) is 17.9 Å². The third kappa shape index (κ3) is 2.51. The molecule has 0 aromatic heterocycles. The van der Waals surface area contributed by atoms with Gasteiger partial charge in [-0.2, -0.15) is 0 Å². The molecule has 1 aromatic rings. The van der Waals surface area contributed by atoms with Crippen molar-refractivity contribution in [3.63, 3.8) is 0 Å². The number of ether oxygens (including phenoxy) is 2. The van der Waals surface area contributed by atoms with E-state index in [4.69, 9.17) is 15.2 Å². The van der Waals surface area contributed by atoms with Gasteiger partial charge in [0.05, 0.1) is 29.5 Å². The SMILES string of the molecule is COc1ccccc1N(C)C1(CN)CC(C)(C)OC1(C)C. The van der Waals surface area contributed by atoms with Gasteiger partial charge in [-0.3, -0.25) is 0 Å². The van der Waals surface area contributed by atoms with E-state index in [1.165, 1.54) is 0 Å². The number of rotatable bonds is 4. The van der Waals surface area contributed by atoms with Crippen LogP contribution in [0, 0.1) is 0 Å². The van der Waals surface area contributed by atoms with Gasteiger partial charge < -0.3 is 20.1 Å². The molecule has 0 radical (unpaired) electrons. The van der Waals surface area contributed by atoms with E-state index >= 15 is 0 Å². The third-order valence-electron chi connectivity index (χ3n) is 4.80. The van der Waals surface area contributed by atoms with Crippen molar-refractivity contribution in [1.82, 2.24) is 0 Å². The lowest BCUT2D eigenvalue weighted by atomic mass is 9.77. The highest BCUT2D eigenvalue weighted by Crippen LogP contribution is 2.49. The first-order valence-electron chi connectivity index (χ1n) is 7.46. The van der Waals surface area contributed by atoms with Gasteiger partial charge in [0.15, 0.2) is 0 Å². The second kappa shape index (κ2) is 5.18. The van der Waals surface area contributed by atoms with Crippen molar-refractivity contribution >= 4 is 5.69 Å². The summed E-state index contributed by atoms with van der Waals surface area (Å²) in [7, 11) is 3.78. The monoisotopic (exact) mass is 292 g/mol. The lowest BCUT2D eigenvalue weighted by molar-refractivity contribution is -0.0779. The Balaban J connectivity index is 2.50. The molecule has 1 atom stereocenters. The van der Waals surface area contributed by atoms with Gasteiger partial charge in [-0.1, -0.05) is 12.1 Å². The Hall–Kier alpha value is -1.26. The first kappa shape index (κ1) is 16.1. The second-order valence-electron chi connectivity index (χ2n) is 7.02. The van der Waals surface area contributed by atoms with Gasteiger partial charge in [-0.05, 0) is 39.8 Å². The minimum absolute atomic E-state index is 0.195. The summed E-state index contributed by atoms with van der Waals surface area (Å²) in [6.45, 7) is 9.03. The van der Waals surface area contributed by atoms with E-state index in [1.54, 1.807) is 7.11 Å². The van der Waals surface area contributed by atoms with Crippen LogP contribution in [0.15, 0.2) is 24.3 Å². The van der Waals surface area contributed by atoms with E-state index in [2.05, 4.69) is 45.7 Å². The van der Waals surface area contributed by atoms with Crippen LogP contribution in [0.3, 0.4) is 0 Å². The number of benzene rings is 1. The Labute approximate surface area is 128 Å². The summed E-state index contributed by atoms with van der Waals surface area (Å²) in [4.78, 5) is 2.24. The maximum Gasteiger partial charge on any atom is 0.142 e. The Morgan fingerprint density at radius 3 is 2.33 bits per heavy atom. The predicted octanol–water partition coefficient (Wildman–Crippen LogP) is 2.81. The van der Waals surface area contributed by atoms with Crippen molar-refractivity contribution in [2.24, 2.45) is 5.73 Å². The summed E-state index contributed by atoms with van der Waals surface area (Å²) in [5, 5.41) is 0. The van der Waals surface area contributed by atoms with Crippen molar-refractivity contribution in [3.05, 3.63) is 24.3 Å². The van der Waals surface area contributed by atoms with Crippen molar-refractivity contribution in [2.45, 2.75) is 50.9 Å². The number of nitrogens with zero attached hydrogens (tertiary/aromatic N) is 1. The molecule has 0 aliphatic carbocycles. The molecule has 1 aliphatic rings. The largest absolute Gasteiger partial charge is 0.495 e. The minimum Gasteiger partial charge on any atom is -0.495 e. The molecule has 118 valence electrons. The number of anilines is 1. The fourth-order valence-corrected chi connectivity index (χ4v) is 3.85. The molecular weight excluding hydrogens is 264 g/mol. The number of likely N-dealkylation sites (N-methyl/N-ethyl adjacent to an activating group) is 1. The maximum absolute atomic E-state index is 6.30. The molecule has 4 nitrogen and oxygen atoms in total. The van der Waals surface area contributed by atoms with Gasteiger partial charge in [0.25, 0.3) is 0 Å².